The van der Waals surface area contributed by atoms with E-state index in [0.29, 0.717) is 30.0 Å². The van der Waals surface area contributed by atoms with E-state index in [1.165, 1.54) is 6.08 Å². The molecule has 2 aromatic heterocycles. The van der Waals surface area contributed by atoms with Gasteiger partial charge in [-0.25, -0.2) is 0 Å². The Morgan fingerprint density at radius 3 is 2.70 bits per heavy atom. The summed E-state index contributed by atoms with van der Waals surface area (Å²) in [7, 11) is 0. The molecule has 1 aliphatic heterocycles. The maximum atomic E-state index is 13.2. The molecule has 2 aliphatic rings. The van der Waals surface area contributed by atoms with Gasteiger partial charge in [0.25, 0.3) is 11.5 Å². The minimum Gasteiger partial charge on any atom is -0.494 e. The molecule has 1 saturated heterocycles. The Morgan fingerprint density at radius 2 is 2.06 bits per heavy atom. The van der Waals surface area contributed by atoms with Crippen LogP contribution in [0.1, 0.15) is 55.2 Å². The van der Waals surface area contributed by atoms with Crippen molar-refractivity contribution in [2.45, 2.75) is 59.2 Å². The SMILES string of the molecule is Cc1nn2c(=O)c(C(=O)NC3CC3)c(O)n(CC(C)C)c2c1C=CC(=O)N1CCNCC1C. The average Bonchev–Trinajstić information content (AvgIpc) is 3.50. The number of aromatic nitrogens is 3. The number of nitrogens with zero attached hydrogens (tertiary/aromatic N) is 4. The van der Waals surface area contributed by atoms with Crippen LogP contribution in [-0.4, -0.2) is 67.7 Å². The van der Waals surface area contributed by atoms with Crippen molar-refractivity contribution in [1.82, 2.24) is 29.7 Å². The Kier molecular flexibility index (Phi) is 6.29. The number of aryl methyl sites for hydroxylation is 1. The smallest absolute Gasteiger partial charge is 0.291 e. The van der Waals surface area contributed by atoms with Crippen molar-refractivity contribution in [2.75, 3.05) is 19.6 Å². The third kappa shape index (κ3) is 4.52. The van der Waals surface area contributed by atoms with Gasteiger partial charge in [0.15, 0.2) is 5.56 Å². The van der Waals surface area contributed by atoms with E-state index in [9.17, 15) is 19.5 Å². The molecule has 178 valence electrons. The number of hydrogen-bond acceptors (Lipinski definition) is 6. The van der Waals surface area contributed by atoms with Crippen LogP contribution in [0, 0.1) is 12.8 Å². The van der Waals surface area contributed by atoms with Gasteiger partial charge < -0.3 is 20.6 Å². The van der Waals surface area contributed by atoms with Gasteiger partial charge in [-0.2, -0.15) is 9.61 Å². The summed E-state index contributed by atoms with van der Waals surface area (Å²) in [5.74, 6) is -0.967. The van der Waals surface area contributed by atoms with Gasteiger partial charge in [-0.1, -0.05) is 13.8 Å². The third-order valence-corrected chi connectivity index (χ3v) is 6.09. The van der Waals surface area contributed by atoms with E-state index < -0.39 is 11.5 Å². The molecule has 0 bridgehead atoms. The molecular formula is C23H32N6O4. The van der Waals surface area contributed by atoms with E-state index in [4.69, 9.17) is 0 Å². The number of rotatable bonds is 6. The van der Waals surface area contributed by atoms with Crippen molar-refractivity contribution >= 4 is 23.5 Å². The molecule has 1 atom stereocenters. The van der Waals surface area contributed by atoms with Gasteiger partial charge in [0.2, 0.25) is 11.8 Å². The fraction of sp³-hybridized carbons (Fsp3) is 0.565. The number of hydrogen-bond donors (Lipinski definition) is 3. The molecule has 1 saturated carbocycles. The summed E-state index contributed by atoms with van der Waals surface area (Å²) in [5.41, 5.74) is 0.475. The molecule has 2 aromatic rings. The van der Waals surface area contributed by atoms with Crippen molar-refractivity contribution in [3.8, 4) is 5.88 Å². The highest BCUT2D eigenvalue weighted by Crippen LogP contribution is 2.26. The largest absolute Gasteiger partial charge is 0.494 e. The molecule has 2 fully saturated rings. The van der Waals surface area contributed by atoms with Crippen molar-refractivity contribution in [3.63, 3.8) is 0 Å². The van der Waals surface area contributed by atoms with E-state index in [-0.39, 0.29) is 35.4 Å². The number of amides is 2. The van der Waals surface area contributed by atoms with Crippen LogP contribution < -0.4 is 16.2 Å². The molecule has 4 rings (SSSR count). The lowest BCUT2D eigenvalue weighted by Gasteiger charge is -2.33. The van der Waals surface area contributed by atoms with E-state index in [2.05, 4.69) is 15.7 Å². The van der Waals surface area contributed by atoms with Crippen molar-refractivity contribution in [2.24, 2.45) is 5.92 Å². The van der Waals surface area contributed by atoms with Gasteiger partial charge in [0.05, 0.1) is 5.69 Å². The van der Waals surface area contributed by atoms with Crippen LogP contribution in [0.15, 0.2) is 10.9 Å². The van der Waals surface area contributed by atoms with Crippen molar-refractivity contribution in [3.05, 3.63) is 33.3 Å². The quantitative estimate of drug-likeness (QED) is 0.555. The molecule has 1 unspecified atom stereocenters. The summed E-state index contributed by atoms with van der Waals surface area (Å²) in [6, 6.07) is 0.124. The number of piperazine rings is 1. The molecule has 33 heavy (non-hydrogen) atoms. The van der Waals surface area contributed by atoms with Gasteiger partial charge >= 0.3 is 0 Å². The molecule has 0 aromatic carbocycles. The zero-order chi connectivity index (χ0) is 23.9. The minimum atomic E-state index is -0.676. The fourth-order valence-corrected chi connectivity index (χ4v) is 4.20. The first-order valence-electron chi connectivity index (χ1n) is 11.5. The molecule has 3 N–H and O–H groups in total. The lowest BCUT2D eigenvalue weighted by molar-refractivity contribution is -0.128. The first-order valence-corrected chi connectivity index (χ1v) is 11.5. The lowest BCUT2D eigenvalue weighted by Crippen LogP contribution is -2.51. The van der Waals surface area contributed by atoms with E-state index in [1.54, 1.807) is 22.5 Å². The molecule has 1 aliphatic carbocycles. The third-order valence-electron chi connectivity index (χ3n) is 6.09. The first kappa shape index (κ1) is 23.0. The van der Waals surface area contributed by atoms with Crippen LogP contribution in [-0.2, 0) is 11.3 Å². The summed E-state index contributed by atoms with van der Waals surface area (Å²) < 4.78 is 2.71. The zero-order valence-electron chi connectivity index (χ0n) is 19.6. The highest BCUT2D eigenvalue weighted by Gasteiger charge is 2.30. The summed E-state index contributed by atoms with van der Waals surface area (Å²) in [6.45, 7) is 10.2. The molecule has 10 nitrogen and oxygen atoms in total. The summed E-state index contributed by atoms with van der Waals surface area (Å²) >= 11 is 0. The number of carbonyl (C=O) groups is 2. The maximum Gasteiger partial charge on any atom is 0.291 e. The highest BCUT2D eigenvalue weighted by molar-refractivity contribution is 5.97. The molecule has 2 amide bonds. The highest BCUT2D eigenvalue weighted by atomic mass is 16.3. The topological polar surface area (TPSA) is 121 Å². The number of carbonyl (C=O) groups excluding carboxylic acids is 2. The monoisotopic (exact) mass is 456 g/mol. The number of fused-ring (bicyclic) bond motifs is 1. The van der Waals surface area contributed by atoms with Gasteiger partial charge in [0.1, 0.15) is 5.65 Å². The zero-order valence-corrected chi connectivity index (χ0v) is 19.6. The predicted octanol–water partition coefficient (Wildman–Crippen LogP) is 0.892. The Balaban J connectivity index is 1.80. The molecule has 0 radical (unpaired) electrons. The van der Waals surface area contributed by atoms with Crippen molar-refractivity contribution in [1.29, 1.82) is 0 Å². The first-order chi connectivity index (χ1) is 15.7. The van der Waals surface area contributed by atoms with Crippen LogP contribution in [0.4, 0.5) is 0 Å². The Bertz CT molecular complexity index is 1170. The van der Waals surface area contributed by atoms with Crippen LogP contribution >= 0.6 is 0 Å². The number of nitrogens with one attached hydrogen (secondary N) is 2. The van der Waals surface area contributed by atoms with Gasteiger partial charge in [0, 0.05) is 49.9 Å². The van der Waals surface area contributed by atoms with Crippen LogP contribution in [0.2, 0.25) is 0 Å². The standard InChI is InChI=1S/C23H32N6O4/c1-13(2)12-28-21-17(7-8-18(30)27-10-9-24-11-14(27)3)15(4)26-29(21)23(33)19(22(28)32)20(31)25-16-5-6-16/h7-8,13-14,16,24,32H,5-6,9-12H2,1-4H3,(H,25,31). The normalized spacial score (nSPS) is 19.1. The predicted molar refractivity (Wildman–Crippen MR) is 124 cm³/mol. The molecule has 0 spiro atoms. The average molecular weight is 457 g/mol. The second-order valence-corrected chi connectivity index (χ2v) is 9.41. The summed E-state index contributed by atoms with van der Waals surface area (Å²) in [4.78, 5) is 40.5. The van der Waals surface area contributed by atoms with E-state index in [1.807, 2.05) is 20.8 Å². The van der Waals surface area contributed by atoms with Crippen LogP contribution in [0.25, 0.3) is 11.7 Å². The van der Waals surface area contributed by atoms with Gasteiger partial charge in [-0.3, -0.25) is 19.0 Å². The maximum absolute atomic E-state index is 13.2. The van der Waals surface area contributed by atoms with Crippen LogP contribution in [0.3, 0.4) is 0 Å². The van der Waals surface area contributed by atoms with E-state index >= 15 is 0 Å². The summed E-state index contributed by atoms with van der Waals surface area (Å²) in [6.07, 6.45) is 4.87. The molecular weight excluding hydrogens is 424 g/mol. The second-order valence-electron chi connectivity index (χ2n) is 9.41. The molecule has 3 heterocycles. The Morgan fingerprint density at radius 1 is 1.33 bits per heavy atom. The number of aromatic hydroxyl groups is 1. The van der Waals surface area contributed by atoms with Gasteiger partial charge in [-0.05, 0) is 38.7 Å². The van der Waals surface area contributed by atoms with E-state index in [0.717, 1.165) is 30.4 Å². The summed E-state index contributed by atoms with van der Waals surface area (Å²) in [5, 5.41) is 21.4. The minimum absolute atomic E-state index is 0.0433. The van der Waals surface area contributed by atoms with Gasteiger partial charge in [-0.15, -0.1) is 0 Å². The Labute approximate surface area is 192 Å². The lowest BCUT2D eigenvalue weighted by atomic mass is 10.1. The second kappa shape index (κ2) is 9.01. The fourth-order valence-electron chi connectivity index (χ4n) is 4.20. The van der Waals surface area contributed by atoms with Crippen LogP contribution in [0.5, 0.6) is 5.88 Å². The van der Waals surface area contributed by atoms with Crippen molar-refractivity contribution < 1.29 is 14.7 Å². The Hall–Kier alpha value is -3.14. The molecule has 10 heteroatoms.